The molecule has 14 heavy (non-hydrogen) atoms. The highest BCUT2D eigenvalue weighted by Gasteiger charge is 2.35. The van der Waals surface area contributed by atoms with Gasteiger partial charge in [0.2, 0.25) is 0 Å². The van der Waals surface area contributed by atoms with Crippen molar-refractivity contribution in [2.75, 3.05) is 0 Å². The van der Waals surface area contributed by atoms with Crippen LogP contribution in [0.2, 0.25) is 0 Å². The van der Waals surface area contributed by atoms with Gasteiger partial charge in [-0.05, 0) is 13.0 Å². The van der Waals surface area contributed by atoms with E-state index in [1.165, 1.54) is 0 Å². The molecule has 0 spiro atoms. The van der Waals surface area contributed by atoms with Gasteiger partial charge in [0.05, 0.1) is 0 Å². The number of amides is 2. The highest BCUT2D eigenvalue weighted by molar-refractivity contribution is 5.72. The first-order valence-electron chi connectivity index (χ1n) is 4.48. The van der Waals surface area contributed by atoms with Crippen molar-refractivity contribution in [2.24, 2.45) is 11.1 Å². The summed E-state index contributed by atoms with van der Waals surface area (Å²) in [6.07, 6.45) is 1.82. The van der Waals surface area contributed by atoms with E-state index < -0.39 is 11.7 Å². The van der Waals surface area contributed by atoms with E-state index in [2.05, 4.69) is 10.8 Å². The summed E-state index contributed by atoms with van der Waals surface area (Å²) in [5, 5.41) is 2.55. The second-order valence-electron chi connectivity index (χ2n) is 4.65. The maximum Gasteiger partial charge on any atom is 0.313 e. The molecule has 0 saturated heterocycles. The van der Waals surface area contributed by atoms with Crippen molar-refractivity contribution in [1.29, 1.82) is 0 Å². The molecule has 0 saturated carbocycles. The molecule has 0 fully saturated rings. The molecule has 0 radical (unpaired) electrons. The van der Waals surface area contributed by atoms with Crippen LogP contribution in [-0.2, 0) is 4.84 Å². The summed E-state index contributed by atoms with van der Waals surface area (Å²) >= 11 is 0. The van der Waals surface area contributed by atoms with Crippen LogP contribution in [0.4, 0.5) is 4.79 Å². The maximum atomic E-state index is 10.7. The molecule has 0 aliphatic carbocycles. The number of carbonyl (C=O) groups is 1. The number of hydrogen-bond acceptors (Lipinski definition) is 3. The third-order valence-corrected chi connectivity index (χ3v) is 1.91. The summed E-state index contributed by atoms with van der Waals surface area (Å²) in [6.45, 7) is 7.85. The molecule has 4 N–H and O–H groups in total. The fraction of sp³-hybridized carbons (Fsp3) is 0.667. The van der Waals surface area contributed by atoms with Gasteiger partial charge in [0.25, 0.3) is 0 Å². The molecule has 0 bridgehead atoms. The minimum atomic E-state index is -0.714. The average molecular weight is 199 g/mol. The molecule has 1 aliphatic rings. The van der Waals surface area contributed by atoms with Crippen LogP contribution in [-0.4, -0.2) is 11.7 Å². The molecule has 0 aromatic rings. The quantitative estimate of drug-likeness (QED) is 0.585. The van der Waals surface area contributed by atoms with E-state index in [1.807, 2.05) is 26.8 Å². The van der Waals surface area contributed by atoms with Crippen LogP contribution in [0.1, 0.15) is 27.7 Å². The van der Waals surface area contributed by atoms with Crippen LogP contribution in [0.3, 0.4) is 0 Å². The van der Waals surface area contributed by atoms with Crippen LogP contribution < -0.4 is 16.5 Å². The third-order valence-electron chi connectivity index (χ3n) is 1.91. The molecular formula is C9H17N3O2. The summed E-state index contributed by atoms with van der Waals surface area (Å²) in [5.74, 6) is 0.786. The molecule has 1 atom stereocenters. The summed E-state index contributed by atoms with van der Waals surface area (Å²) in [7, 11) is 0. The van der Waals surface area contributed by atoms with E-state index in [9.17, 15) is 4.79 Å². The Morgan fingerprint density at radius 2 is 2.21 bits per heavy atom. The maximum absolute atomic E-state index is 10.7. The van der Waals surface area contributed by atoms with Gasteiger partial charge < -0.3 is 15.9 Å². The first kappa shape index (κ1) is 10.8. The van der Waals surface area contributed by atoms with Gasteiger partial charge in [0, 0.05) is 5.41 Å². The van der Waals surface area contributed by atoms with Gasteiger partial charge in [-0.25, -0.2) is 4.79 Å². The largest absolute Gasteiger partial charge is 0.410 e. The van der Waals surface area contributed by atoms with E-state index in [-0.39, 0.29) is 5.41 Å². The lowest BCUT2D eigenvalue weighted by Gasteiger charge is -2.20. The minimum Gasteiger partial charge on any atom is -0.410 e. The Kier molecular flexibility index (Phi) is 2.45. The average Bonchev–Trinajstić information content (AvgIpc) is 2.28. The number of allylic oxidation sites excluding steroid dienone is 1. The predicted octanol–water partition coefficient (Wildman–Crippen LogP) is 0.836. The Labute approximate surface area is 83.6 Å². The lowest BCUT2D eigenvalue weighted by atomic mass is 9.92. The van der Waals surface area contributed by atoms with Crippen molar-refractivity contribution in [3.05, 3.63) is 11.8 Å². The van der Waals surface area contributed by atoms with Crippen molar-refractivity contribution in [3.8, 4) is 0 Å². The van der Waals surface area contributed by atoms with Crippen molar-refractivity contribution in [3.63, 3.8) is 0 Å². The zero-order chi connectivity index (χ0) is 11.0. The molecule has 0 aromatic heterocycles. The minimum absolute atomic E-state index is 0.0932. The SMILES string of the molecule is CC1(NC(N)=O)C=C(C(C)(C)C)ON1. The zero-order valence-corrected chi connectivity index (χ0v) is 8.97. The highest BCUT2D eigenvalue weighted by atomic mass is 16.7. The number of nitrogens with two attached hydrogens (primary N) is 1. The fourth-order valence-electron chi connectivity index (χ4n) is 1.17. The number of nitrogens with one attached hydrogen (secondary N) is 2. The zero-order valence-electron chi connectivity index (χ0n) is 8.97. The van der Waals surface area contributed by atoms with Gasteiger partial charge >= 0.3 is 6.03 Å². The van der Waals surface area contributed by atoms with E-state index in [1.54, 1.807) is 6.92 Å². The van der Waals surface area contributed by atoms with Gasteiger partial charge in [0.15, 0.2) is 0 Å². The molecule has 1 unspecified atom stereocenters. The summed E-state index contributed by atoms with van der Waals surface area (Å²) in [5.41, 5.74) is 6.95. The number of urea groups is 1. The van der Waals surface area contributed by atoms with Crippen molar-refractivity contribution >= 4 is 6.03 Å². The van der Waals surface area contributed by atoms with Gasteiger partial charge in [-0.15, -0.1) is 5.48 Å². The Bertz CT molecular complexity index is 280. The van der Waals surface area contributed by atoms with Crippen molar-refractivity contribution in [2.45, 2.75) is 33.4 Å². The van der Waals surface area contributed by atoms with E-state index in [4.69, 9.17) is 10.6 Å². The van der Waals surface area contributed by atoms with Crippen LogP contribution in [0.15, 0.2) is 11.8 Å². The van der Waals surface area contributed by atoms with Gasteiger partial charge in [-0.3, -0.25) is 0 Å². The van der Waals surface area contributed by atoms with Crippen LogP contribution in [0.25, 0.3) is 0 Å². The molecule has 1 rings (SSSR count). The second-order valence-corrected chi connectivity index (χ2v) is 4.65. The molecule has 1 aliphatic heterocycles. The first-order chi connectivity index (χ1) is 6.23. The molecule has 1 heterocycles. The summed E-state index contributed by atoms with van der Waals surface area (Å²) < 4.78 is 0. The van der Waals surface area contributed by atoms with E-state index >= 15 is 0 Å². The van der Waals surface area contributed by atoms with Crippen LogP contribution in [0, 0.1) is 5.41 Å². The Morgan fingerprint density at radius 1 is 1.64 bits per heavy atom. The molecule has 0 aromatic carbocycles. The monoisotopic (exact) mass is 199 g/mol. The number of hydroxylamine groups is 1. The Morgan fingerprint density at radius 3 is 2.57 bits per heavy atom. The molecule has 80 valence electrons. The lowest BCUT2D eigenvalue weighted by molar-refractivity contribution is 0.0491. The number of hydrogen-bond donors (Lipinski definition) is 3. The third kappa shape index (κ3) is 2.38. The summed E-state index contributed by atoms with van der Waals surface area (Å²) in [6, 6.07) is -0.588. The molecular weight excluding hydrogens is 182 g/mol. The normalized spacial score (nSPS) is 26.7. The van der Waals surface area contributed by atoms with Crippen molar-refractivity contribution in [1.82, 2.24) is 10.8 Å². The topological polar surface area (TPSA) is 76.4 Å². The Balaban J connectivity index is 2.79. The smallest absolute Gasteiger partial charge is 0.313 e. The predicted molar refractivity (Wildman–Crippen MR) is 52.9 cm³/mol. The number of primary amides is 1. The van der Waals surface area contributed by atoms with E-state index in [0.29, 0.717) is 0 Å². The number of rotatable bonds is 1. The molecule has 2 amide bonds. The first-order valence-corrected chi connectivity index (χ1v) is 4.48. The van der Waals surface area contributed by atoms with Gasteiger partial charge in [0.1, 0.15) is 11.4 Å². The standard InChI is InChI=1S/C9H17N3O2/c1-8(2,3)6-5-9(4,12-14-6)11-7(10)13/h5,12H,1-4H3,(H3,10,11,13). The highest BCUT2D eigenvalue weighted by Crippen LogP contribution is 2.30. The van der Waals surface area contributed by atoms with Gasteiger partial charge in [-0.2, -0.15) is 0 Å². The fourth-order valence-corrected chi connectivity index (χ4v) is 1.17. The summed E-state index contributed by atoms with van der Waals surface area (Å²) in [4.78, 5) is 16.0. The van der Waals surface area contributed by atoms with Crippen LogP contribution in [0.5, 0.6) is 0 Å². The van der Waals surface area contributed by atoms with Gasteiger partial charge in [-0.1, -0.05) is 20.8 Å². The second kappa shape index (κ2) is 3.16. The molecule has 5 nitrogen and oxygen atoms in total. The molecule has 5 heteroatoms. The van der Waals surface area contributed by atoms with Crippen molar-refractivity contribution < 1.29 is 9.63 Å². The Hall–Kier alpha value is -1.23. The number of carbonyl (C=O) groups excluding carboxylic acids is 1. The van der Waals surface area contributed by atoms with E-state index in [0.717, 1.165) is 5.76 Å². The van der Waals surface area contributed by atoms with Crippen LogP contribution >= 0.6 is 0 Å². The lowest BCUT2D eigenvalue weighted by Crippen LogP contribution is -2.54.